The summed E-state index contributed by atoms with van der Waals surface area (Å²) in [6.45, 7) is 11.8. The van der Waals surface area contributed by atoms with Gasteiger partial charge in [-0.3, -0.25) is 9.59 Å². The molecule has 0 aliphatic carbocycles. The first-order chi connectivity index (χ1) is 11.4. The van der Waals surface area contributed by atoms with Gasteiger partial charge >= 0.3 is 0 Å². The van der Waals surface area contributed by atoms with E-state index in [9.17, 15) is 9.59 Å². The number of rotatable bonds is 5. The first kappa shape index (κ1) is 18.5. The van der Waals surface area contributed by atoms with Crippen LogP contribution < -0.4 is 5.32 Å². The molecule has 1 aliphatic rings. The van der Waals surface area contributed by atoms with Crippen LogP contribution in [-0.4, -0.2) is 54.3 Å². The summed E-state index contributed by atoms with van der Waals surface area (Å²) in [6.07, 6.45) is 0.960. The average Bonchev–Trinajstić information content (AvgIpc) is 2.61. The molecule has 1 N–H and O–H groups in total. The molecule has 2 rings (SSSR count). The molecule has 24 heavy (non-hydrogen) atoms. The second kappa shape index (κ2) is 7.79. The number of aryl methyl sites for hydroxylation is 1. The fourth-order valence-electron chi connectivity index (χ4n) is 2.87. The van der Waals surface area contributed by atoms with Crippen molar-refractivity contribution >= 4 is 17.5 Å². The van der Waals surface area contributed by atoms with Crippen LogP contribution in [0.3, 0.4) is 0 Å². The number of likely N-dealkylation sites (N-methyl/N-ethyl adjacent to an activating group) is 1. The van der Waals surface area contributed by atoms with Gasteiger partial charge in [-0.1, -0.05) is 26.0 Å². The highest BCUT2D eigenvalue weighted by Gasteiger charge is 2.39. The molecule has 5 heteroatoms. The van der Waals surface area contributed by atoms with Crippen molar-refractivity contribution < 1.29 is 9.59 Å². The van der Waals surface area contributed by atoms with Crippen molar-refractivity contribution in [2.24, 2.45) is 5.41 Å². The third kappa shape index (κ3) is 4.15. The zero-order chi connectivity index (χ0) is 17.7. The standard InChI is InChI=1S/C19H29N3O2/c1-5-15-7-9-16(10-8-15)20-17(23)19(3,4)18(24)22-13-11-21(6-2)12-14-22/h7-10H,5-6,11-14H2,1-4H3,(H,20,23). The average molecular weight is 331 g/mol. The molecule has 1 saturated heterocycles. The van der Waals surface area contributed by atoms with Crippen LogP contribution in [0.25, 0.3) is 0 Å². The summed E-state index contributed by atoms with van der Waals surface area (Å²) in [7, 11) is 0. The van der Waals surface area contributed by atoms with Gasteiger partial charge in [0.2, 0.25) is 11.8 Å². The van der Waals surface area contributed by atoms with Gasteiger partial charge in [-0.2, -0.15) is 0 Å². The summed E-state index contributed by atoms with van der Waals surface area (Å²) in [5.41, 5.74) is 0.878. The van der Waals surface area contributed by atoms with Gasteiger partial charge in [0.05, 0.1) is 0 Å². The minimum absolute atomic E-state index is 0.0964. The Hall–Kier alpha value is -1.88. The molecule has 2 amide bonds. The Morgan fingerprint density at radius 3 is 2.12 bits per heavy atom. The van der Waals surface area contributed by atoms with Crippen molar-refractivity contribution in [3.05, 3.63) is 29.8 Å². The van der Waals surface area contributed by atoms with E-state index in [0.29, 0.717) is 13.1 Å². The van der Waals surface area contributed by atoms with E-state index in [1.807, 2.05) is 29.2 Å². The summed E-state index contributed by atoms with van der Waals surface area (Å²) in [5, 5.41) is 2.88. The highest BCUT2D eigenvalue weighted by molar-refractivity contribution is 6.09. The molecule has 1 heterocycles. The Morgan fingerprint density at radius 1 is 1.04 bits per heavy atom. The molecule has 0 aromatic heterocycles. The second-order valence-electron chi connectivity index (χ2n) is 6.86. The van der Waals surface area contributed by atoms with Crippen molar-refractivity contribution in [1.29, 1.82) is 0 Å². The Labute approximate surface area is 145 Å². The second-order valence-corrected chi connectivity index (χ2v) is 6.86. The molecule has 0 saturated carbocycles. The molecule has 0 bridgehead atoms. The molecule has 0 spiro atoms. The van der Waals surface area contributed by atoms with Gasteiger partial charge < -0.3 is 15.1 Å². The monoisotopic (exact) mass is 331 g/mol. The number of carbonyl (C=O) groups is 2. The van der Waals surface area contributed by atoms with Gasteiger partial charge in [0.1, 0.15) is 5.41 Å². The zero-order valence-corrected chi connectivity index (χ0v) is 15.3. The van der Waals surface area contributed by atoms with Crippen molar-refractivity contribution in [2.75, 3.05) is 38.0 Å². The number of anilines is 1. The van der Waals surface area contributed by atoms with E-state index in [0.717, 1.165) is 31.7 Å². The van der Waals surface area contributed by atoms with E-state index >= 15 is 0 Å². The predicted octanol–water partition coefficient (Wildman–Crippen LogP) is 2.38. The first-order valence-electron chi connectivity index (χ1n) is 8.80. The Morgan fingerprint density at radius 2 is 1.62 bits per heavy atom. The van der Waals surface area contributed by atoms with Crippen LogP contribution in [0.2, 0.25) is 0 Å². The van der Waals surface area contributed by atoms with Crippen molar-refractivity contribution in [1.82, 2.24) is 9.80 Å². The Bertz CT molecular complexity index is 573. The van der Waals surface area contributed by atoms with Gasteiger partial charge in [0.15, 0.2) is 0 Å². The predicted molar refractivity (Wildman–Crippen MR) is 96.9 cm³/mol. The fraction of sp³-hybridized carbons (Fsp3) is 0.579. The minimum atomic E-state index is -1.07. The van der Waals surface area contributed by atoms with Crippen LogP contribution in [-0.2, 0) is 16.0 Å². The largest absolute Gasteiger partial charge is 0.339 e. The summed E-state index contributed by atoms with van der Waals surface area (Å²) in [5.74, 6) is -0.351. The van der Waals surface area contributed by atoms with Crippen LogP contribution in [0.4, 0.5) is 5.69 Å². The summed E-state index contributed by atoms with van der Waals surface area (Å²) < 4.78 is 0. The van der Waals surface area contributed by atoms with Crippen LogP contribution in [0.15, 0.2) is 24.3 Å². The topological polar surface area (TPSA) is 52.7 Å². The SMILES string of the molecule is CCc1ccc(NC(=O)C(C)(C)C(=O)N2CCN(CC)CC2)cc1. The van der Waals surface area contributed by atoms with Crippen LogP contribution >= 0.6 is 0 Å². The molecule has 0 atom stereocenters. The van der Waals surface area contributed by atoms with Crippen LogP contribution in [0.1, 0.15) is 33.3 Å². The number of hydrogen-bond donors (Lipinski definition) is 1. The van der Waals surface area contributed by atoms with Crippen molar-refractivity contribution in [3.8, 4) is 0 Å². The molecule has 0 radical (unpaired) electrons. The molecule has 1 fully saturated rings. The van der Waals surface area contributed by atoms with E-state index in [1.165, 1.54) is 5.56 Å². The number of piperazine rings is 1. The van der Waals surface area contributed by atoms with E-state index < -0.39 is 5.41 Å². The number of nitrogens with one attached hydrogen (secondary N) is 1. The maximum absolute atomic E-state index is 12.8. The number of amides is 2. The lowest BCUT2D eigenvalue weighted by atomic mass is 9.89. The van der Waals surface area contributed by atoms with E-state index in [-0.39, 0.29) is 11.8 Å². The molecular weight excluding hydrogens is 302 g/mol. The Kier molecular flexibility index (Phi) is 5.99. The molecule has 1 aromatic carbocycles. The summed E-state index contributed by atoms with van der Waals surface area (Å²) >= 11 is 0. The fourth-order valence-corrected chi connectivity index (χ4v) is 2.87. The molecule has 132 valence electrons. The lowest BCUT2D eigenvalue weighted by Gasteiger charge is -2.37. The van der Waals surface area contributed by atoms with E-state index in [4.69, 9.17) is 0 Å². The molecular formula is C19H29N3O2. The molecule has 5 nitrogen and oxygen atoms in total. The number of carbonyl (C=O) groups excluding carboxylic acids is 2. The zero-order valence-electron chi connectivity index (χ0n) is 15.3. The number of nitrogens with zero attached hydrogens (tertiary/aromatic N) is 2. The normalized spacial score (nSPS) is 16.1. The van der Waals surface area contributed by atoms with Gasteiger partial charge in [0, 0.05) is 31.9 Å². The van der Waals surface area contributed by atoms with Crippen LogP contribution in [0, 0.1) is 5.41 Å². The highest BCUT2D eigenvalue weighted by Crippen LogP contribution is 2.23. The van der Waals surface area contributed by atoms with E-state index in [1.54, 1.807) is 13.8 Å². The quantitative estimate of drug-likeness (QED) is 0.843. The van der Waals surface area contributed by atoms with Gasteiger partial charge in [-0.25, -0.2) is 0 Å². The Balaban J connectivity index is 1.99. The number of benzene rings is 1. The smallest absolute Gasteiger partial charge is 0.239 e. The van der Waals surface area contributed by atoms with Gasteiger partial charge in [0.25, 0.3) is 0 Å². The van der Waals surface area contributed by atoms with Crippen LogP contribution in [0.5, 0.6) is 0 Å². The number of hydrogen-bond acceptors (Lipinski definition) is 3. The highest BCUT2D eigenvalue weighted by atomic mass is 16.2. The third-order valence-electron chi connectivity index (χ3n) is 4.83. The maximum atomic E-state index is 12.8. The lowest BCUT2D eigenvalue weighted by molar-refractivity contribution is -0.147. The lowest BCUT2D eigenvalue weighted by Crippen LogP contribution is -2.54. The van der Waals surface area contributed by atoms with Gasteiger partial charge in [-0.05, 0) is 44.5 Å². The third-order valence-corrected chi connectivity index (χ3v) is 4.83. The van der Waals surface area contributed by atoms with Crippen molar-refractivity contribution in [3.63, 3.8) is 0 Å². The minimum Gasteiger partial charge on any atom is -0.339 e. The molecule has 1 aliphatic heterocycles. The van der Waals surface area contributed by atoms with Gasteiger partial charge in [-0.15, -0.1) is 0 Å². The van der Waals surface area contributed by atoms with E-state index in [2.05, 4.69) is 24.1 Å². The van der Waals surface area contributed by atoms with Crippen molar-refractivity contribution in [2.45, 2.75) is 34.1 Å². The maximum Gasteiger partial charge on any atom is 0.239 e. The summed E-state index contributed by atoms with van der Waals surface area (Å²) in [6, 6.07) is 7.76. The summed E-state index contributed by atoms with van der Waals surface area (Å²) in [4.78, 5) is 29.5. The molecule has 0 unspecified atom stereocenters. The molecule has 1 aromatic rings. The first-order valence-corrected chi connectivity index (χ1v) is 8.80.